The van der Waals surface area contributed by atoms with Gasteiger partial charge in [-0.3, -0.25) is 0 Å². The van der Waals surface area contributed by atoms with E-state index in [4.69, 9.17) is 0 Å². The smallest absolute Gasteiger partial charge is 0.0395 e. The van der Waals surface area contributed by atoms with Crippen LogP contribution in [0, 0.1) is 138 Å². The third-order valence-corrected chi connectivity index (χ3v) is 14.3. The van der Waals surface area contributed by atoms with Crippen molar-refractivity contribution in [2.24, 2.45) is 0 Å². The molecule has 0 nitrogen and oxygen atoms in total. The summed E-state index contributed by atoms with van der Waals surface area (Å²) in [6.07, 6.45) is 0. The molecule has 0 N–H and O–H groups in total. The summed E-state index contributed by atoms with van der Waals surface area (Å²) in [6.45, 7) is 42.4. The second-order valence-corrected chi connectivity index (χ2v) is 20.8. The summed E-state index contributed by atoms with van der Waals surface area (Å²) in [5, 5.41) is 0. The number of aryl methyl sites for hydroxylation is 20. The molecule has 420 valence electrons. The zero-order valence-electron chi connectivity index (χ0n) is 53.1. The highest BCUT2D eigenvalue weighted by Gasteiger charge is 1.90. The van der Waals surface area contributed by atoms with Crippen LogP contribution in [0.3, 0.4) is 0 Å². The van der Waals surface area contributed by atoms with Crippen molar-refractivity contribution in [3.8, 4) is 0 Å². The average Bonchev–Trinajstić information content (AvgIpc) is 3.44. The lowest BCUT2D eigenvalue weighted by molar-refractivity contribution is 1.34. The van der Waals surface area contributed by atoms with Crippen LogP contribution in [0.5, 0.6) is 0 Å². The molecule has 80 heavy (non-hydrogen) atoms. The van der Waals surface area contributed by atoms with Gasteiger partial charge in [0.2, 0.25) is 0 Å². The van der Waals surface area contributed by atoms with Gasteiger partial charge in [-0.1, -0.05) is 243 Å². The fourth-order valence-corrected chi connectivity index (χ4v) is 6.63. The molecule has 0 bridgehead atoms. The van der Waals surface area contributed by atoms with E-state index < -0.39 is 0 Å². The van der Waals surface area contributed by atoms with Gasteiger partial charge in [0.05, 0.1) is 0 Å². The molecule has 0 fully saturated rings. The van der Waals surface area contributed by atoms with Crippen LogP contribution < -0.4 is 0 Å². The van der Waals surface area contributed by atoms with Gasteiger partial charge >= 0.3 is 0 Å². The average molecular weight is 1060 g/mol. The maximum Gasteiger partial charge on any atom is -0.0395 e. The Morgan fingerprint density at radius 2 is 0.125 bits per heavy atom. The van der Waals surface area contributed by atoms with E-state index in [9.17, 15) is 0 Å². The molecular formula is C80H100. The second-order valence-electron chi connectivity index (χ2n) is 20.8. The van der Waals surface area contributed by atoms with Crippen LogP contribution in [-0.2, 0) is 0 Å². The van der Waals surface area contributed by atoms with Crippen LogP contribution in [-0.4, -0.2) is 0 Å². The van der Waals surface area contributed by atoms with Crippen molar-refractivity contribution < 1.29 is 0 Å². The first-order valence-corrected chi connectivity index (χ1v) is 28.3. The van der Waals surface area contributed by atoms with Crippen molar-refractivity contribution >= 4 is 0 Å². The molecule has 0 atom stereocenters. The van der Waals surface area contributed by atoms with Gasteiger partial charge in [0.1, 0.15) is 0 Å². The summed E-state index contributed by atoms with van der Waals surface area (Å²) in [4.78, 5) is 0. The van der Waals surface area contributed by atoms with Crippen molar-refractivity contribution in [1.29, 1.82) is 0 Å². The Morgan fingerprint density at radius 3 is 0.150 bits per heavy atom. The lowest BCUT2D eigenvalue weighted by Gasteiger charge is -1.93. The minimum Gasteiger partial charge on any atom is -0.0620 e. The van der Waals surface area contributed by atoms with Crippen molar-refractivity contribution in [2.75, 3.05) is 0 Å². The molecule has 10 aromatic rings. The van der Waals surface area contributed by atoms with Gasteiger partial charge < -0.3 is 0 Å². The molecule has 0 saturated heterocycles. The van der Waals surface area contributed by atoms with E-state index in [1.54, 1.807) is 0 Å². The Morgan fingerprint density at radius 1 is 0.0875 bits per heavy atom. The fourth-order valence-electron chi connectivity index (χ4n) is 6.63. The first-order valence-electron chi connectivity index (χ1n) is 28.3. The molecule has 0 heteroatoms. The number of rotatable bonds is 0. The van der Waals surface area contributed by atoms with E-state index in [0.29, 0.717) is 0 Å². The Balaban J connectivity index is 0.000000444. The van der Waals surface area contributed by atoms with Crippen LogP contribution in [0.4, 0.5) is 0 Å². The molecule has 0 aliphatic carbocycles. The molecule has 0 aliphatic heterocycles. The van der Waals surface area contributed by atoms with Crippen LogP contribution in [0.2, 0.25) is 0 Å². The molecule has 0 spiro atoms. The number of benzene rings is 10. The van der Waals surface area contributed by atoms with E-state index in [1.807, 2.05) is 0 Å². The van der Waals surface area contributed by atoms with Gasteiger partial charge in [-0.15, -0.1) is 0 Å². The molecule has 0 heterocycles. The fraction of sp³-hybridized carbons (Fsp3) is 0.250. The highest BCUT2D eigenvalue weighted by atomic mass is 14.0. The van der Waals surface area contributed by atoms with Gasteiger partial charge in [-0.25, -0.2) is 0 Å². The summed E-state index contributed by atoms with van der Waals surface area (Å²) >= 11 is 0. The van der Waals surface area contributed by atoms with Gasteiger partial charge in [0.15, 0.2) is 0 Å². The predicted octanol–water partition coefficient (Wildman–Crippen LogP) is 23.0. The van der Waals surface area contributed by atoms with E-state index in [0.717, 1.165) is 0 Å². The standard InChI is InChI=1S/10C8H10/c10*1-7-5-3-4-6-8(7)2/h10*3-6H,1-2H3. The lowest BCUT2D eigenvalue weighted by Crippen LogP contribution is -1.74. The second kappa shape index (κ2) is 41.3. The number of hydrogen-bond donors (Lipinski definition) is 0. The first-order chi connectivity index (χ1) is 38.0. The Hall–Kier alpha value is -7.80. The number of hydrogen-bond acceptors (Lipinski definition) is 0. The van der Waals surface area contributed by atoms with Crippen molar-refractivity contribution in [1.82, 2.24) is 0 Å². The lowest BCUT2D eigenvalue weighted by atomic mass is 10.1. The van der Waals surface area contributed by atoms with Gasteiger partial charge in [0.25, 0.3) is 0 Å². The van der Waals surface area contributed by atoms with Crippen molar-refractivity contribution in [2.45, 2.75) is 138 Å². The highest BCUT2D eigenvalue weighted by Crippen LogP contribution is 2.09. The van der Waals surface area contributed by atoms with Gasteiger partial charge in [-0.05, 0) is 250 Å². The molecule has 0 radical (unpaired) electrons. The van der Waals surface area contributed by atoms with Crippen molar-refractivity contribution in [3.63, 3.8) is 0 Å². The largest absolute Gasteiger partial charge is 0.0620 e. The van der Waals surface area contributed by atoms with Crippen LogP contribution in [0.1, 0.15) is 111 Å². The van der Waals surface area contributed by atoms with Gasteiger partial charge in [-0.2, -0.15) is 0 Å². The molecule has 0 aromatic heterocycles. The first kappa shape index (κ1) is 70.2. The SMILES string of the molecule is Cc1ccccc1C.Cc1ccccc1C.Cc1ccccc1C.Cc1ccccc1C.Cc1ccccc1C.Cc1ccccc1C.Cc1ccccc1C.Cc1ccccc1C.Cc1ccccc1C.Cc1ccccc1C. The van der Waals surface area contributed by atoms with Crippen LogP contribution in [0.15, 0.2) is 243 Å². The minimum absolute atomic E-state index is 1.37. The maximum absolute atomic E-state index is 2.12. The van der Waals surface area contributed by atoms with E-state index in [-0.39, 0.29) is 0 Å². The third-order valence-electron chi connectivity index (χ3n) is 14.3. The van der Waals surface area contributed by atoms with Gasteiger partial charge in [0, 0.05) is 0 Å². The zero-order chi connectivity index (χ0) is 59.8. The summed E-state index contributed by atoms with van der Waals surface area (Å²) in [7, 11) is 0. The Kier molecular flexibility index (Phi) is 36.2. The summed E-state index contributed by atoms with van der Waals surface area (Å²) < 4.78 is 0. The van der Waals surface area contributed by atoms with Crippen LogP contribution in [0.25, 0.3) is 0 Å². The normalized spacial score (nSPS) is 9.25. The Bertz CT molecular complexity index is 2280. The van der Waals surface area contributed by atoms with Crippen molar-refractivity contribution in [3.05, 3.63) is 354 Å². The third kappa shape index (κ3) is 32.2. The Labute approximate surface area is 489 Å². The molecule has 0 amide bonds. The van der Waals surface area contributed by atoms with Crippen LogP contribution >= 0.6 is 0 Å². The van der Waals surface area contributed by atoms with E-state index >= 15 is 0 Å². The molecular weight excluding hydrogens is 961 g/mol. The van der Waals surface area contributed by atoms with E-state index in [2.05, 4.69) is 381 Å². The zero-order valence-corrected chi connectivity index (χ0v) is 53.1. The summed E-state index contributed by atoms with van der Waals surface area (Å²) in [5.41, 5.74) is 27.4. The maximum atomic E-state index is 2.12. The van der Waals surface area contributed by atoms with E-state index in [1.165, 1.54) is 111 Å². The molecule has 0 saturated carbocycles. The highest BCUT2D eigenvalue weighted by molar-refractivity contribution is 5.29. The molecule has 0 unspecified atom stereocenters. The molecule has 0 aliphatic rings. The summed E-state index contributed by atoms with van der Waals surface area (Å²) in [6, 6.07) is 83.6. The minimum atomic E-state index is 1.37. The summed E-state index contributed by atoms with van der Waals surface area (Å²) in [5.74, 6) is 0. The predicted molar refractivity (Wildman–Crippen MR) is 359 cm³/mol. The molecule has 10 aromatic carbocycles. The topological polar surface area (TPSA) is 0 Å². The molecule has 10 rings (SSSR count). The quantitative estimate of drug-likeness (QED) is 0.142. The monoisotopic (exact) mass is 1060 g/mol.